The number of alkyl halides is 3. The van der Waals surface area contributed by atoms with Crippen LogP contribution in [0.3, 0.4) is 0 Å². The lowest BCUT2D eigenvalue weighted by molar-refractivity contribution is -0.137. The van der Waals surface area contributed by atoms with E-state index in [1.165, 1.54) is 0 Å². The second kappa shape index (κ2) is 6.79. The van der Waals surface area contributed by atoms with Crippen LogP contribution >= 0.6 is 15.9 Å². The van der Waals surface area contributed by atoms with Crippen molar-refractivity contribution in [3.05, 3.63) is 33.8 Å². The number of rotatable bonds is 4. The first-order valence-electron chi connectivity index (χ1n) is 5.79. The largest absolute Gasteiger partial charge is 0.416 e. The third kappa shape index (κ3) is 4.92. The normalized spacial score (nSPS) is 13.9. The third-order valence-electron chi connectivity index (χ3n) is 2.56. The highest BCUT2D eigenvalue weighted by atomic mass is 79.9. The quantitative estimate of drug-likeness (QED) is 0.331. The number of oxime groups is 1. The number of amidine groups is 1. The molecule has 1 aromatic rings. The zero-order valence-corrected chi connectivity index (χ0v) is 12.5. The molecule has 0 saturated heterocycles. The van der Waals surface area contributed by atoms with Crippen LogP contribution in [0.5, 0.6) is 0 Å². The van der Waals surface area contributed by atoms with E-state index in [1.807, 2.05) is 0 Å². The molecule has 21 heavy (non-hydrogen) atoms. The summed E-state index contributed by atoms with van der Waals surface area (Å²) in [5.41, 5.74) is 4.23. The molecule has 5 nitrogen and oxygen atoms in total. The van der Waals surface area contributed by atoms with Gasteiger partial charge in [0, 0.05) is 16.9 Å². The van der Waals surface area contributed by atoms with Gasteiger partial charge in [-0.2, -0.15) is 13.2 Å². The first-order chi connectivity index (χ1) is 9.65. The Morgan fingerprint density at radius 3 is 2.67 bits per heavy atom. The average molecular weight is 368 g/mol. The van der Waals surface area contributed by atoms with E-state index in [-0.39, 0.29) is 22.3 Å². The molecule has 1 atom stereocenters. The summed E-state index contributed by atoms with van der Waals surface area (Å²) in [6, 6.07) is 2.29. The Bertz CT molecular complexity index is 561. The van der Waals surface area contributed by atoms with Crippen LogP contribution in [0.15, 0.2) is 27.8 Å². The van der Waals surface area contributed by atoms with Crippen molar-refractivity contribution in [3.8, 4) is 0 Å². The number of nitrogens with two attached hydrogens (primary N) is 1. The van der Waals surface area contributed by atoms with Crippen LogP contribution < -0.4 is 11.1 Å². The number of hydrogen-bond acceptors (Lipinski definition) is 3. The van der Waals surface area contributed by atoms with Crippen LogP contribution in [0.25, 0.3) is 0 Å². The van der Waals surface area contributed by atoms with Crippen molar-refractivity contribution in [2.75, 3.05) is 0 Å². The molecule has 9 heteroatoms. The minimum Gasteiger partial charge on any atom is -0.409 e. The van der Waals surface area contributed by atoms with Gasteiger partial charge in [-0.1, -0.05) is 5.16 Å². The van der Waals surface area contributed by atoms with Gasteiger partial charge in [0.05, 0.1) is 11.1 Å². The number of benzene rings is 1. The molecule has 1 unspecified atom stereocenters. The molecule has 0 aromatic heterocycles. The summed E-state index contributed by atoms with van der Waals surface area (Å²) in [5, 5.41) is 13.7. The lowest BCUT2D eigenvalue weighted by atomic mass is 10.1. The van der Waals surface area contributed by atoms with Gasteiger partial charge in [-0.25, -0.2) is 0 Å². The fraction of sp³-hybridized carbons (Fsp3) is 0.333. The lowest BCUT2D eigenvalue weighted by Crippen LogP contribution is -2.36. The SMILES string of the molecule is CC(C/C(N)=N/O)NC(=O)c1cc(C(F)(F)F)ccc1Br. The van der Waals surface area contributed by atoms with Crippen LogP contribution in [0.1, 0.15) is 29.3 Å². The number of nitrogens with one attached hydrogen (secondary N) is 1. The van der Waals surface area contributed by atoms with E-state index < -0.39 is 23.7 Å². The van der Waals surface area contributed by atoms with Gasteiger partial charge in [-0.3, -0.25) is 4.79 Å². The topological polar surface area (TPSA) is 87.7 Å². The maximum atomic E-state index is 12.6. The molecule has 0 spiro atoms. The van der Waals surface area contributed by atoms with Crippen molar-refractivity contribution >= 4 is 27.7 Å². The Balaban J connectivity index is 2.92. The zero-order chi connectivity index (χ0) is 16.2. The van der Waals surface area contributed by atoms with Gasteiger partial charge in [0.25, 0.3) is 5.91 Å². The number of hydrogen-bond donors (Lipinski definition) is 3. The highest BCUT2D eigenvalue weighted by Crippen LogP contribution is 2.31. The van der Waals surface area contributed by atoms with E-state index in [9.17, 15) is 18.0 Å². The maximum Gasteiger partial charge on any atom is 0.416 e. The predicted octanol–water partition coefficient (Wildman–Crippen LogP) is 2.72. The zero-order valence-electron chi connectivity index (χ0n) is 10.9. The summed E-state index contributed by atoms with van der Waals surface area (Å²) >= 11 is 3.04. The summed E-state index contributed by atoms with van der Waals surface area (Å²) in [5.74, 6) is -0.780. The van der Waals surface area contributed by atoms with Crippen molar-refractivity contribution in [1.82, 2.24) is 5.32 Å². The minimum absolute atomic E-state index is 0.0683. The highest BCUT2D eigenvalue weighted by molar-refractivity contribution is 9.10. The first kappa shape index (κ1) is 17.3. The number of carbonyl (C=O) groups excluding carboxylic acids is 1. The average Bonchev–Trinajstić information content (AvgIpc) is 2.37. The Kier molecular flexibility index (Phi) is 5.59. The van der Waals surface area contributed by atoms with Crippen LogP contribution in [-0.4, -0.2) is 23.0 Å². The summed E-state index contributed by atoms with van der Waals surface area (Å²) in [6.07, 6.45) is -4.46. The van der Waals surface area contributed by atoms with Crippen molar-refractivity contribution in [2.45, 2.75) is 25.6 Å². The van der Waals surface area contributed by atoms with Gasteiger partial charge in [-0.15, -0.1) is 0 Å². The summed E-state index contributed by atoms with van der Waals surface area (Å²) in [7, 11) is 0. The molecule has 0 aliphatic heterocycles. The summed E-state index contributed by atoms with van der Waals surface area (Å²) in [6.45, 7) is 1.58. The van der Waals surface area contributed by atoms with Crippen molar-refractivity contribution in [3.63, 3.8) is 0 Å². The van der Waals surface area contributed by atoms with Gasteiger partial charge < -0.3 is 16.3 Å². The Hall–Kier alpha value is -1.77. The monoisotopic (exact) mass is 367 g/mol. The van der Waals surface area contributed by atoms with Crippen molar-refractivity contribution in [1.29, 1.82) is 0 Å². The molecule has 0 aliphatic carbocycles. The van der Waals surface area contributed by atoms with Crippen LogP contribution in [-0.2, 0) is 6.18 Å². The predicted molar refractivity (Wildman–Crippen MR) is 74.1 cm³/mol. The van der Waals surface area contributed by atoms with E-state index in [1.54, 1.807) is 6.92 Å². The molecule has 1 amide bonds. The van der Waals surface area contributed by atoms with Crippen molar-refractivity contribution in [2.24, 2.45) is 10.9 Å². The van der Waals surface area contributed by atoms with Crippen LogP contribution in [0.4, 0.5) is 13.2 Å². The van der Waals surface area contributed by atoms with Gasteiger partial charge in [0.1, 0.15) is 5.84 Å². The lowest BCUT2D eigenvalue weighted by Gasteiger charge is -2.15. The molecule has 0 radical (unpaired) electrons. The number of amides is 1. The number of nitrogens with zero attached hydrogens (tertiary/aromatic N) is 1. The summed E-state index contributed by atoms with van der Waals surface area (Å²) < 4.78 is 38.1. The Labute approximate surface area is 127 Å². The number of halogens is 4. The maximum absolute atomic E-state index is 12.6. The van der Waals surface area contributed by atoms with Crippen LogP contribution in [0.2, 0.25) is 0 Å². The standard InChI is InChI=1S/C12H13BrF3N3O2/c1-6(4-10(17)19-21)18-11(20)8-5-7(12(14,15)16)2-3-9(8)13/h2-3,5-6,21H,4H2,1H3,(H2,17,19)(H,18,20). The smallest absolute Gasteiger partial charge is 0.409 e. The molecular weight excluding hydrogens is 355 g/mol. The van der Waals surface area contributed by atoms with Gasteiger partial charge in [0.2, 0.25) is 0 Å². The molecule has 1 aromatic carbocycles. The van der Waals surface area contributed by atoms with Crippen molar-refractivity contribution < 1.29 is 23.2 Å². The second-order valence-corrected chi connectivity index (χ2v) is 5.22. The van der Waals surface area contributed by atoms with Gasteiger partial charge >= 0.3 is 6.18 Å². The molecule has 0 heterocycles. The number of carbonyl (C=O) groups is 1. The molecule has 0 bridgehead atoms. The van der Waals surface area contributed by atoms with E-state index in [4.69, 9.17) is 10.9 Å². The van der Waals surface area contributed by atoms with E-state index in [0.717, 1.165) is 18.2 Å². The Morgan fingerprint density at radius 2 is 2.14 bits per heavy atom. The van der Waals surface area contributed by atoms with Crippen LogP contribution in [0, 0.1) is 0 Å². The van der Waals surface area contributed by atoms with Gasteiger partial charge in [-0.05, 0) is 41.1 Å². The molecule has 1 rings (SSSR count). The molecule has 0 aliphatic rings. The molecule has 0 saturated carbocycles. The van der Waals surface area contributed by atoms with E-state index >= 15 is 0 Å². The second-order valence-electron chi connectivity index (χ2n) is 4.36. The molecule has 116 valence electrons. The molecular formula is C12H13BrF3N3O2. The van der Waals surface area contributed by atoms with E-state index in [0.29, 0.717) is 0 Å². The van der Waals surface area contributed by atoms with Gasteiger partial charge in [0.15, 0.2) is 0 Å². The Morgan fingerprint density at radius 1 is 1.52 bits per heavy atom. The minimum atomic E-state index is -4.53. The fourth-order valence-electron chi connectivity index (χ4n) is 1.58. The molecule has 4 N–H and O–H groups in total. The van der Waals surface area contributed by atoms with E-state index in [2.05, 4.69) is 26.4 Å². The molecule has 0 fully saturated rings. The first-order valence-corrected chi connectivity index (χ1v) is 6.58. The third-order valence-corrected chi connectivity index (χ3v) is 3.25. The summed E-state index contributed by atoms with van der Waals surface area (Å²) in [4.78, 5) is 12.0. The highest BCUT2D eigenvalue weighted by Gasteiger charge is 2.31. The fourth-order valence-corrected chi connectivity index (χ4v) is 2.01.